The molecule has 136 valence electrons. The molecule has 0 fully saturated rings. The summed E-state index contributed by atoms with van der Waals surface area (Å²) in [5.74, 6) is 1.11. The smallest absolute Gasteiger partial charge is 0.132 e. The van der Waals surface area contributed by atoms with Crippen LogP contribution in [0.25, 0.3) is 0 Å². The molecule has 0 bridgehead atoms. The Morgan fingerprint density at radius 3 is 1.81 bits per heavy atom. The zero-order valence-corrected chi connectivity index (χ0v) is 15.9. The predicted octanol–water partition coefficient (Wildman–Crippen LogP) is 5.49. The van der Waals surface area contributed by atoms with Crippen LogP contribution in [0.3, 0.4) is 0 Å². The topological polar surface area (TPSA) is 15.6 Å². The zero-order chi connectivity index (χ0) is 18.5. The highest BCUT2D eigenvalue weighted by Gasteiger charge is 2.42. The van der Waals surface area contributed by atoms with E-state index in [1.54, 1.807) is 0 Å². The summed E-state index contributed by atoms with van der Waals surface area (Å²) in [5.41, 5.74) is 3.34. The Kier molecular flexibility index (Phi) is 5.06. The van der Waals surface area contributed by atoms with E-state index >= 15 is 0 Å². The van der Waals surface area contributed by atoms with Crippen LogP contribution in [0.5, 0.6) is 0 Å². The van der Waals surface area contributed by atoms with Crippen LogP contribution in [0, 0.1) is 0 Å². The van der Waals surface area contributed by atoms with Gasteiger partial charge in [0, 0.05) is 12.1 Å². The van der Waals surface area contributed by atoms with Gasteiger partial charge in [-0.05, 0) is 17.5 Å². The molecule has 0 aliphatic carbocycles. The van der Waals surface area contributed by atoms with E-state index in [0.29, 0.717) is 0 Å². The molecule has 0 spiro atoms. The van der Waals surface area contributed by atoms with Crippen molar-refractivity contribution in [2.75, 3.05) is 13.1 Å². The van der Waals surface area contributed by atoms with E-state index < -0.39 is 0 Å². The molecule has 0 radical (unpaired) electrons. The van der Waals surface area contributed by atoms with Crippen molar-refractivity contribution in [2.24, 2.45) is 4.99 Å². The molecule has 0 atom stereocenters. The molecule has 0 aromatic heterocycles. The summed E-state index contributed by atoms with van der Waals surface area (Å²) >= 11 is 0. The van der Waals surface area contributed by atoms with E-state index in [4.69, 9.17) is 4.99 Å². The fraction of sp³-hybridized carbons (Fsp3) is 0.240. The van der Waals surface area contributed by atoms with Gasteiger partial charge in [-0.2, -0.15) is 0 Å². The number of hydrogen-bond acceptors (Lipinski definition) is 2. The first-order chi connectivity index (χ1) is 13.3. The van der Waals surface area contributed by atoms with Gasteiger partial charge in [-0.25, -0.2) is 4.99 Å². The lowest BCUT2D eigenvalue weighted by Gasteiger charge is -2.29. The second-order valence-electron chi connectivity index (χ2n) is 7.17. The van der Waals surface area contributed by atoms with Crippen molar-refractivity contribution in [3.63, 3.8) is 0 Å². The number of nitrogens with zero attached hydrogens (tertiary/aromatic N) is 2. The monoisotopic (exact) mass is 354 g/mol. The van der Waals surface area contributed by atoms with E-state index in [2.05, 4.69) is 103 Å². The summed E-state index contributed by atoms with van der Waals surface area (Å²) < 4.78 is 0. The summed E-state index contributed by atoms with van der Waals surface area (Å²) in [7, 11) is 0. The van der Waals surface area contributed by atoms with Crippen LogP contribution in [0.2, 0.25) is 0 Å². The quantitative estimate of drug-likeness (QED) is 0.571. The number of rotatable bonds is 6. The summed E-state index contributed by atoms with van der Waals surface area (Å²) in [4.78, 5) is 7.88. The van der Waals surface area contributed by atoms with Gasteiger partial charge in [-0.3, -0.25) is 0 Å². The first-order valence-electron chi connectivity index (χ1n) is 9.85. The van der Waals surface area contributed by atoms with Crippen molar-refractivity contribution < 1.29 is 0 Å². The molecule has 3 aromatic carbocycles. The van der Waals surface area contributed by atoms with E-state index in [9.17, 15) is 0 Å². The van der Waals surface area contributed by atoms with Gasteiger partial charge >= 0.3 is 0 Å². The third-order valence-electron chi connectivity index (χ3n) is 5.33. The van der Waals surface area contributed by atoms with Crippen molar-refractivity contribution in [1.29, 1.82) is 0 Å². The molecule has 3 aromatic rings. The molecule has 1 heterocycles. The van der Waals surface area contributed by atoms with Crippen LogP contribution in [-0.2, 0) is 5.54 Å². The van der Waals surface area contributed by atoms with Crippen molar-refractivity contribution in [3.8, 4) is 0 Å². The van der Waals surface area contributed by atoms with E-state index in [-0.39, 0.29) is 5.54 Å². The third kappa shape index (κ3) is 3.40. The summed E-state index contributed by atoms with van der Waals surface area (Å²) in [5, 5.41) is 0. The molecular weight excluding hydrogens is 328 g/mol. The Bertz CT molecular complexity index is 846. The van der Waals surface area contributed by atoms with Crippen molar-refractivity contribution >= 4 is 5.84 Å². The van der Waals surface area contributed by atoms with Crippen molar-refractivity contribution in [1.82, 2.24) is 4.90 Å². The number of hydrogen-bond donors (Lipinski definition) is 0. The highest BCUT2D eigenvalue weighted by molar-refractivity contribution is 6.00. The van der Waals surface area contributed by atoms with Gasteiger partial charge in [-0.15, -0.1) is 0 Å². The SMILES string of the molecule is CCCCN1CC(c2ccccc2)(c2ccccc2)N=C1c1ccccc1. The molecule has 2 nitrogen and oxygen atoms in total. The number of benzene rings is 3. The number of amidine groups is 1. The second kappa shape index (κ2) is 7.79. The third-order valence-corrected chi connectivity index (χ3v) is 5.33. The second-order valence-corrected chi connectivity index (χ2v) is 7.17. The molecule has 1 aliphatic heterocycles. The average Bonchev–Trinajstić information content (AvgIpc) is 3.15. The normalized spacial score (nSPS) is 15.6. The number of unbranched alkanes of at least 4 members (excludes halogenated alkanes) is 1. The van der Waals surface area contributed by atoms with Crippen LogP contribution in [0.4, 0.5) is 0 Å². The van der Waals surface area contributed by atoms with Gasteiger partial charge in [0.1, 0.15) is 11.4 Å². The molecule has 1 aliphatic rings. The molecule has 27 heavy (non-hydrogen) atoms. The largest absolute Gasteiger partial charge is 0.353 e. The Balaban J connectivity index is 1.87. The molecule has 2 heteroatoms. The summed E-state index contributed by atoms with van der Waals surface area (Å²) in [6, 6.07) is 32.1. The van der Waals surface area contributed by atoms with Gasteiger partial charge in [-0.1, -0.05) is 104 Å². The fourth-order valence-corrected chi connectivity index (χ4v) is 3.91. The van der Waals surface area contributed by atoms with Gasteiger partial charge < -0.3 is 4.90 Å². The zero-order valence-electron chi connectivity index (χ0n) is 15.9. The summed E-state index contributed by atoms with van der Waals surface area (Å²) in [6.07, 6.45) is 2.35. The van der Waals surface area contributed by atoms with Gasteiger partial charge in [0.25, 0.3) is 0 Å². The maximum atomic E-state index is 5.41. The van der Waals surface area contributed by atoms with Gasteiger partial charge in [0.05, 0.1) is 6.54 Å². The first kappa shape index (κ1) is 17.5. The lowest BCUT2D eigenvalue weighted by molar-refractivity contribution is 0.373. The maximum Gasteiger partial charge on any atom is 0.132 e. The molecule has 0 amide bonds. The first-order valence-corrected chi connectivity index (χ1v) is 9.85. The van der Waals surface area contributed by atoms with Crippen LogP contribution < -0.4 is 0 Å². The van der Waals surface area contributed by atoms with E-state index in [1.165, 1.54) is 29.5 Å². The highest BCUT2D eigenvalue weighted by Crippen LogP contribution is 2.40. The molecule has 0 N–H and O–H groups in total. The molecule has 0 saturated heterocycles. The number of aliphatic imine (C=N–C) groups is 1. The lowest BCUT2D eigenvalue weighted by Crippen LogP contribution is -2.36. The van der Waals surface area contributed by atoms with Crippen LogP contribution in [0.1, 0.15) is 36.5 Å². The van der Waals surface area contributed by atoms with E-state index in [0.717, 1.165) is 18.9 Å². The Morgan fingerprint density at radius 2 is 1.30 bits per heavy atom. The minimum Gasteiger partial charge on any atom is -0.353 e. The maximum absolute atomic E-state index is 5.41. The van der Waals surface area contributed by atoms with Crippen molar-refractivity contribution in [2.45, 2.75) is 25.3 Å². The highest BCUT2D eigenvalue weighted by atomic mass is 15.3. The van der Waals surface area contributed by atoms with Crippen LogP contribution in [-0.4, -0.2) is 23.8 Å². The Morgan fingerprint density at radius 1 is 0.778 bits per heavy atom. The molecular formula is C25H26N2. The minimum absolute atomic E-state index is 0.360. The Labute approximate surface area is 162 Å². The molecule has 0 saturated carbocycles. The molecule has 0 unspecified atom stereocenters. The lowest BCUT2D eigenvalue weighted by atomic mass is 9.83. The van der Waals surface area contributed by atoms with Gasteiger partial charge in [0.2, 0.25) is 0 Å². The Hall–Kier alpha value is -2.87. The fourth-order valence-electron chi connectivity index (χ4n) is 3.91. The van der Waals surface area contributed by atoms with Crippen LogP contribution >= 0.6 is 0 Å². The van der Waals surface area contributed by atoms with Crippen LogP contribution in [0.15, 0.2) is 96.0 Å². The standard InChI is InChI=1S/C25H26N2/c1-2-3-19-27-20-25(22-15-9-5-10-16-22,23-17-11-6-12-18-23)26-24(27)21-13-7-4-8-14-21/h4-18H,2-3,19-20H2,1H3. The van der Waals surface area contributed by atoms with Crippen molar-refractivity contribution in [3.05, 3.63) is 108 Å². The van der Waals surface area contributed by atoms with E-state index in [1.807, 2.05) is 0 Å². The minimum atomic E-state index is -0.360. The molecule has 4 rings (SSSR count). The summed E-state index contributed by atoms with van der Waals surface area (Å²) in [6.45, 7) is 4.16. The predicted molar refractivity (Wildman–Crippen MR) is 113 cm³/mol. The van der Waals surface area contributed by atoms with Gasteiger partial charge in [0.15, 0.2) is 0 Å². The average molecular weight is 354 g/mol.